The van der Waals surface area contributed by atoms with Crippen molar-refractivity contribution in [2.24, 2.45) is 0 Å². The molecule has 1 aromatic rings. The SMILES string of the molecule is CC(c1ccccc1)N1COCOC1. The summed E-state index contributed by atoms with van der Waals surface area (Å²) in [4.78, 5) is 2.15. The van der Waals surface area contributed by atoms with Crippen molar-refractivity contribution in [1.82, 2.24) is 4.90 Å². The largest absolute Gasteiger partial charge is 0.340 e. The number of hydrogen-bond donors (Lipinski definition) is 0. The van der Waals surface area contributed by atoms with Crippen molar-refractivity contribution < 1.29 is 9.47 Å². The van der Waals surface area contributed by atoms with Crippen LogP contribution in [0.3, 0.4) is 0 Å². The van der Waals surface area contributed by atoms with Gasteiger partial charge in [-0.2, -0.15) is 0 Å². The summed E-state index contributed by atoms with van der Waals surface area (Å²) in [5.41, 5.74) is 1.29. The fourth-order valence-electron chi connectivity index (χ4n) is 1.57. The standard InChI is InChI=1S/C11H15NO2/c1-10(11-5-3-2-4-6-11)12-7-13-9-14-8-12/h2-6,10H,7-9H2,1H3. The molecule has 0 radical (unpaired) electrons. The normalized spacial score (nSPS) is 20.6. The van der Waals surface area contributed by atoms with Gasteiger partial charge in [-0.3, -0.25) is 4.90 Å². The Morgan fingerprint density at radius 3 is 2.43 bits per heavy atom. The molecular formula is C11H15NO2. The van der Waals surface area contributed by atoms with Crippen LogP contribution in [0.1, 0.15) is 18.5 Å². The smallest absolute Gasteiger partial charge is 0.150 e. The Morgan fingerprint density at radius 2 is 1.79 bits per heavy atom. The van der Waals surface area contributed by atoms with Crippen LogP contribution in [0.5, 0.6) is 0 Å². The molecule has 1 aliphatic heterocycles. The molecule has 0 spiro atoms. The molecule has 1 saturated heterocycles. The van der Waals surface area contributed by atoms with Crippen molar-refractivity contribution in [3.05, 3.63) is 35.9 Å². The van der Waals surface area contributed by atoms with E-state index in [0.29, 0.717) is 26.3 Å². The predicted molar refractivity (Wildman–Crippen MR) is 53.5 cm³/mol. The van der Waals surface area contributed by atoms with Gasteiger partial charge in [-0.25, -0.2) is 0 Å². The van der Waals surface area contributed by atoms with Gasteiger partial charge < -0.3 is 9.47 Å². The Hall–Kier alpha value is -0.900. The predicted octanol–water partition coefficient (Wildman–Crippen LogP) is 1.97. The first-order valence-electron chi connectivity index (χ1n) is 4.82. The van der Waals surface area contributed by atoms with Crippen LogP contribution in [0.2, 0.25) is 0 Å². The molecule has 0 aliphatic carbocycles. The van der Waals surface area contributed by atoms with Crippen molar-refractivity contribution in [2.45, 2.75) is 13.0 Å². The van der Waals surface area contributed by atoms with Crippen LogP contribution >= 0.6 is 0 Å². The minimum atomic E-state index is 0.344. The van der Waals surface area contributed by atoms with Crippen molar-refractivity contribution >= 4 is 0 Å². The van der Waals surface area contributed by atoms with E-state index in [0.717, 1.165) is 0 Å². The summed E-state index contributed by atoms with van der Waals surface area (Å²) >= 11 is 0. The van der Waals surface area contributed by atoms with E-state index >= 15 is 0 Å². The van der Waals surface area contributed by atoms with Crippen LogP contribution in [0.4, 0.5) is 0 Å². The van der Waals surface area contributed by atoms with Gasteiger partial charge in [0.2, 0.25) is 0 Å². The van der Waals surface area contributed by atoms with E-state index in [1.807, 2.05) is 6.07 Å². The lowest BCUT2D eigenvalue weighted by Gasteiger charge is -2.31. The molecule has 76 valence electrons. The molecule has 3 nitrogen and oxygen atoms in total. The fourth-order valence-corrected chi connectivity index (χ4v) is 1.57. The zero-order valence-corrected chi connectivity index (χ0v) is 8.35. The highest BCUT2D eigenvalue weighted by Crippen LogP contribution is 2.20. The highest BCUT2D eigenvalue weighted by atomic mass is 16.7. The molecule has 1 atom stereocenters. The maximum atomic E-state index is 5.23. The Morgan fingerprint density at radius 1 is 1.14 bits per heavy atom. The molecule has 1 aromatic carbocycles. The lowest BCUT2D eigenvalue weighted by atomic mass is 10.1. The molecule has 14 heavy (non-hydrogen) atoms. The van der Waals surface area contributed by atoms with Crippen molar-refractivity contribution in [1.29, 1.82) is 0 Å². The maximum Gasteiger partial charge on any atom is 0.150 e. The molecular weight excluding hydrogens is 178 g/mol. The Kier molecular flexibility index (Phi) is 3.14. The number of ether oxygens (including phenoxy) is 2. The molecule has 1 heterocycles. The molecule has 2 rings (SSSR count). The molecule has 3 heteroatoms. The van der Waals surface area contributed by atoms with Crippen LogP contribution in [0, 0.1) is 0 Å². The van der Waals surface area contributed by atoms with E-state index in [1.54, 1.807) is 0 Å². The summed E-state index contributed by atoms with van der Waals surface area (Å²) in [6.45, 7) is 3.87. The Bertz CT molecular complexity index is 270. The molecule has 0 bridgehead atoms. The number of rotatable bonds is 2. The molecule has 1 fully saturated rings. The lowest BCUT2D eigenvalue weighted by Crippen LogP contribution is -2.36. The molecule has 0 aromatic heterocycles. The first-order chi connectivity index (χ1) is 6.88. The first kappa shape index (κ1) is 9.65. The van der Waals surface area contributed by atoms with E-state index in [4.69, 9.17) is 9.47 Å². The van der Waals surface area contributed by atoms with E-state index in [1.165, 1.54) is 5.56 Å². The molecule has 0 amide bonds. The van der Waals surface area contributed by atoms with Crippen molar-refractivity contribution in [3.63, 3.8) is 0 Å². The second-order valence-electron chi connectivity index (χ2n) is 3.46. The van der Waals surface area contributed by atoms with Gasteiger partial charge in [-0.1, -0.05) is 30.3 Å². The summed E-state index contributed by atoms with van der Waals surface area (Å²) in [6, 6.07) is 10.7. The quantitative estimate of drug-likeness (QED) is 0.716. The lowest BCUT2D eigenvalue weighted by molar-refractivity contribution is -0.193. The van der Waals surface area contributed by atoms with Gasteiger partial charge in [0.1, 0.15) is 20.3 Å². The first-order valence-corrected chi connectivity index (χ1v) is 4.82. The highest BCUT2D eigenvalue weighted by Gasteiger charge is 2.18. The van der Waals surface area contributed by atoms with Crippen LogP contribution < -0.4 is 0 Å². The highest BCUT2D eigenvalue weighted by molar-refractivity contribution is 5.18. The van der Waals surface area contributed by atoms with Gasteiger partial charge in [0.25, 0.3) is 0 Å². The summed E-state index contributed by atoms with van der Waals surface area (Å²) < 4.78 is 10.5. The van der Waals surface area contributed by atoms with Crippen molar-refractivity contribution in [2.75, 3.05) is 20.3 Å². The molecule has 1 unspecified atom stereocenters. The second-order valence-corrected chi connectivity index (χ2v) is 3.46. The molecule has 0 saturated carbocycles. The third-order valence-corrected chi connectivity index (χ3v) is 2.51. The monoisotopic (exact) mass is 193 g/mol. The van der Waals surface area contributed by atoms with Gasteiger partial charge in [-0.15, -0.1) is 0 Å². The Labute approximate surface area is 84.2 Å². The van der Waals surface area contributed by atoms with Gasteiger partial charge in [0.15, 0.2) is 0 Å². The van der Waals surface area contributed by atoms with Crippen LogP contribution in [-0.4, -0.2) is 25.2 Å². The summed E-state index contributed by atoms with van der Waals surface area (Å²) in [6.07, 6.45) is 0. The summed E-state index contributed by atoms with van der Waals surface area (Å²) in [5.74, 6) is 0. The number of nitrogens with zero attached hydrogens (tertiary/aromatic N) is 1. The average Bonchev–Trinajstić information content (AvgIpc) is 2.30. The molecule has 0 N–H and O–H groups in total. The van der Waals surface area contributed by atoms with E-state index < -0.39 is 0 Å². The average molecular weight is 193 g/mol. The third kappa shape index (κ3) is 2.12. The van der Waals surface area contributed by atoms with E-state index in [-0.39, 0.29) is 0 Å². The van der Waals surface area contributed by atoms with Gasteiger partial charge >= 0.3 is 0 Å². The minimum Gasteiger partial charge on any atom is -0.340 e. The van der Waals surface area contributed by atoms with Crippen molar-refractivity contribution in [3.8, 4) is 0 Å². The summed E-state index contributed by atoms with van der Waals surface area (Å²) in [7, 11) is 0. The third-order valence-electron chi connectivity index (χ3n) is 2.51. The molecule has 1 aliphatic rings. The fraction of sp³-hybridized carbons (Fsp3) is 0.455. The van der Waals surface area contributed by atoms with Crippen LogP contribution in [0.15, 0.2) is 30.3 Å². The van der Waals surface area contributed by atoms with Gasteiger partial charge in [0, 0.05) is 6.04 Å². The topological polar surface area (TPSA) is 21.7 Å². The minimum absolute atomic E-state index is 0.344. The van der Waals surface area contributed by atoms with Gasteiger partial charge in [-0.05, 0) is 12.5 Å². The van der Waals surface area contributed by atoms with Gasteiger partial charge in [0.05, 0.1) is 0 Å². The summed E-state index contributed by atoms with van der Waals surface area (Å²) in [5, 5.41) is 0. The second kappa shape index (κ2) is 4.55. The zero-order chi connectivity index (χ0) is 9.80. The zero-order valence-electron chi connectivity index (χ0n) is 8.35. The Balaban J connectivity index is 2.03. The number of benzene rings is 1. The van der Waals surface area contributed by atoms with Crippen LogP contribution in [-0.2, 0) is 9.47 Å². The maximum absolute atomic E-state index is 5.23. The van der Waals surface area contributed by atoms with Crippen LogP contribution in [0.25, 0.3) is 0 Å². The van der Waals surface area contributed by atoms with E-state index in [2.05, 4.69) is 36.1 Å². The number of hydrogen-bond acceptors (Lipinski definition) is 3. The van der Waals surface area contributed by atoms with E-state index in [9.17, 15) is 0 Å².